The average molecular weight is 386 g/mol. The molecule has 0 saturated carbocycles. The number of hydrogen-bond donors (Lipinski definition) is 1. The van der Waals surface area contributed by atoms with Crippen molar-refractivity contribution in [1.82, 2.24) is 14.3 Å². The van der Waals surface area contributed by atoms with Crippen molar-refractivity contribution in [3.05, 3.63) is 53.1 Å². The lowest BCUT2D eigenvalue weighted by Gasteiger charge is -2.27. The molecule has 7 nitrogen and oxygen atoms in total. The second kappa shape index (κ2) is 6.32. The lowest BCUT2D eigenvalue weighted by molar-refractivity contribution is -0.137. The molecule has 2 N–H and O–H groups in total. The summed E-state index contributed by atoms with van der Waals surface area (Å²) in [6.07, 6.45) is -2.81. The lowest BCUT2D eigenvalue weighted by Crippen LogP contribution is -2.37. The predicted octanol–water partition coefficient (Wildman–Crippen LogP) is 1.34. The van der Waals surface area contributed by atoms with E-state index >= 15 is 0 Å². The number of nitrogens with two attached hydrogens (primary N) is 1. The number of primary amides is 1. The van der Waals surface area contributed by atoms with E-state index in [1.165, 1.54) is 6.20 Å². The number of sulfonamides is 1. The van der Waals surface area contributed by atoms with Crippen molar-refractivity contribution >= 4 is 15.9 Å². The van der Waals surface area contributed by atoms with E-state index in [0.29, 0.717) is 17.7 Å². The van der Waals surface area contributed by atoms with Gasteiger partial charge < -0.3 is 5.73 Å². The molecule has 1 aromatic heterocycles. The normalized spacial score (nSPS) is 15.5. The molecule has 11 heteroatoms. The van der Waals surface area contributed by atoms with Crippen LogP contribution in [0.15, 0.2) is 35.4 Å². The first kappa shape index (κ1) is 18.3. The van der Waals surface area contributed by atoms with Crippen molar-refractivity contribution in [2.45, 2.75) is 24.0 Å². The van der Waals surface area contributed by atoms with Gasteiger partial charge in [0, 0.05) is 12.7 Å². The van der Waals surface area contributed by atoms with Crippen LogP contribution in [0, 0.1) is 0 Å². The number of aromatic nitrogens is 2. The number of carbonyl (C=O) groups excluding carboxylic acids is 1. The van der Waals surface area contributed by atoms with Crippen LogP contribution in [0.5, 0.6) is 0 Å². The molecule has 1 aliphatic rings. The third-order valence-corrected chi connectivity index (χ3v) is 5.81. The first-order chi connectivity index (χ1) is 12.1. The maximum atomic E-state index is 12.7. The minimum atomic E-state index is -4.55. The molecule has 1 aliphatic heterocycles. The van der Waals surface area contributed by atoms with Gasteiger partial charge in [-0.25, -0.2) is 18.4 Å². The van der Waals surface area contributed by atoms with E-state index in [9.17, 15) is 26.4 Å². The van der Waals surface area contributed by atoms with Crippen molar-refractivity contribution in [2.24, 2.45) is 5.73 Å². The lowest BCUT2D eigenvalue weighted by atomic mass is 10.1. The molecular weight excluding hydrogens is 373 g/mol. The molecule has 1 amide bonds. The number of hydrogen-bond acceptors (Lipinski definition) is 5. The van der Waals surface area contributed by atoms with Crippen molar-refractivity contribution < 1.29 is 26.4 Å². The second-order valence-electron chi connectivity index (χ2n) is 5.64. The van der Waals surface area contributed by atoms with E-state index in [1.807, 2.05) is 0 Å². The molecule has 0 aliphatic carbocycles. The van der Waals surface area contributed by atoms with Gasteiger partial charge in [-0.1, -0.05) is 0 Å². The highest BCUT2D eigenvalue weighted by Crippen LogP contribution is 2.31. The van der Waals surface area contributed by atoms with E-state index in [2.05, 4.69) is 9.97 Å². The van der Waals surface area contributed by atoms with Crippen LogP contribution in [-0.2, 0) is 29.2 Å². The Morgan fingerprint density at radius 2 is 1.85 bits per heavy atom. The van der Waals surface area contributed by atoms with Crippen molar-refractivity contribution in [2.75, 3.05) is 6.54 Å². The van der Waals surface area contributed by atoms with Gasteiger partial charge in [0.05, 0.1) is 22.7 Å². The van der Waals surface area contributed by atoms with Crippen molar-refractivity contribution in [1.29, 1.82) is 0 Å². The largest absolute Gasteiger partial charge is 0.416 e. The first-order valence-electron chi connectivity index (χ1n) is 7.41. The Hall–Kier alpha value is -2.53. The molecule has 2 heterocycles. The predicted molar refractivity (Wildman–Crippen MR) is 83.3 cm³/mol. The van der Waals surface area contributed by atoms with Gasteiger partial charge in [-0.3, -0.25) is 4.79 Å². The van der Waals surface area contributed by atoms with Crippen LogP contribution in [0.25, 0.3) is 0 Å². The molecule has 0 spiro atoms. The molecule has 0 bridgehead atoms. The third-order valence-electron chi connectivity index (χ3n) is 3.95. The third kappa shape index (κ3) is 3.40. The number of benzene rings is 1. The Labute approximate surface area is 146 Å². The number of fused-ring (bicyclic) bond motifs is 1. The fraction of sp³-hybridized carbons (Fsp3) is 0.267. The smallest absolute Gasteiger partial charge is 0.363 e. The van der Waals surface area contributed by atoms with Crippen LogP contribution in [0.4, 0.5) is 13.2 Å². The van der Waals surface area contributed by atoms with Crippen molar-refractivity contribution in [3.8, 4) is 0 Å². The van der Waals surface area contributed by atoms with Gasteiger partial charge in [-0.05, 0) is 36.2 Å². The minimum Gasteiger partial charge on any atom is -0.363 e. The fourth-order valence-corrected chi connectivity index (χ4v) is 3.97. The monoisotopic (exact) mass is 386 g/mol. The molecular formula is C15H13F3N4O3S. The molecule has 0 radical (unpaired) electrons. The summed E-state index contributed by atoms with van der Waals surface area (Å²) in [6, 6.07) is 3.28. The highest BCUT2D eigenvalue weighted by molar-refractivity contribution is 7.89. The molecule has 138 valence electrons. The van der Waals surface area contributed by atoms with Crippen LogP contribution < -0.4 is 5.73 Å². The molecule has 0 unspecified atom stereocenters. The molecule has 1 aromatic carbocycles. The summed E-state index contributed by atoms with van der Waals surface area (Å²) in [5, 5.41) is 0. The van der Waals surface area contributed by atoms with Crippen LogP contribution in [-0.4, -0.2) is 35.1 Å². The Balaban J connectivity index is 1.89. The van der Waals surface area contributed by atoms with Crippen LogP contribution in [0.2, 0.25) is 0 Å². The van der Waals surface area contributed by atoms with Gasteiger partial charge in [0.15, 0.2) is 0 Å². The highest BCUT2D eigenvalue weighted by Gasteiger charge is 2.33. The van der Waals surface area contributed by atoms with Crippen LogP contribution >= 0.6 is 0 Å². The Morgan fingerprint density at radius 3 is 2.42 bits per heavy atom. The summed E-state index contributed by atoms with van der Waals surface area (Å²) in [5.41, 5.74) is 5.22. The van der Waals surface area contributed by atoms with E-state index in [-0.39, 0.29) is 23.8 Å². The molecule has 26 heavy (non-hydrogen) atoms. The summed E-state index contributed by atoms with van der Waals surface area (Å²) in [6.45, 7) is -0.00285. The number of halogens is 3. The maximum absolute atomic E-state index is 12.7. The fourth-order valence-electron chi connectivity index (χ4n) is 2.57. The zero-order chi connectivity index (χ0) is 19.1. The van der Waals surface area contributed by atoms with Gasteiger partial charge in [0.1, 0.15) is 0 Å². The van der Waals surface area contributed by atoms with E-state index in [0.717, 1.165) is 28.6 Å². The Morgan fingerprint density at radius 1 is 1.19 bits per heavy atom. The molecule has 2 aromatic rings. The van der Waals surface area contributed by atoms with E-state index in [4.69, 9.17) is 5.73 Å². The Bertz CT molecular complexity index is 959. The number of amides is 1. The topological polar surface area (TPSA) is 106 Å². The zero-order valence-electron chi connectivity index (χ0n) is 13.2. The van der Waals surface area contributed by atoms with Gasteiger partial charge in [-0.15, -0.1) is 0 Å². The summed E-state index contributed by atoms with van der Waals surface area (Å²) in [7, 11) is -4.01. The van der Waals surface area contributed by atoms with Gasteiger partial charge in [0.25, 0.3) is 5.91 Å². The molecule has 0 saturated heterocycles. The summed E-state index contributed by atoms with van der Waals surface area (Å²) in [5.74, 6) is -1.06. The molecule has 0 atom stereocenters. The summed E-state index contributed by atoms with van der Waals surface area (Å²) in [4.78, 5) is 18.7. The molecule has 0 fully saturated rings. The zero-order valence-corrected chi connectivity index (χ0v) is 14.0. The number of carbonyl (C=O) groups is 1. The van der Waals surface area contributed by atoms with Crippen LogP contribution in [0.1, 0.15) is 27.4 Å². The van der Waals surface area contributed by atoms with Crippen molar-refractivity contribution in [3.63, 3.8) is 0 Å². The quantitative estimate of drug-likeness (QED) is 0.857. The van der Waals surface area contributed by atoms with Gasteiger partial charge >= 0.3 is 6.18 Å². The minimum absolute atomic E-state index is 0.121. The Kier molecular flexibility index (Phi) is 4.44. The standard InChI is InChI=1S/C15H13F3N4O3S/c16-15(17,18)10-1-3-11(4-2-10)26(24,25)22-6-5-9-7-20-14(13(19)23)21-12(9)8-22/h1-4,7H,5-6,8H2,(H2,19,23). The highest BCUT2D eigenvalue weighted by atomic mass is 32.2. The second-order valence-corrected chi connectivity index (χ2v) is 7.58. The van der Waals surface area contributed by atoms with E-state index in [1.54, 1.807) is 0 Å². The molecule has 3 rings (SSSR count). The van der Waals surface area contributed by atoms with Gasteiger partial charge in [-0.2, -0.15) is 17.5 Å². The van der Waals surface area contributed by atoms with Crippen LogP contribution in [0.3, 0.4) is 0 Å². The number of rotatable bonds is 3. The first-order valence-corrected chi connectivity index (χ1v) is 8.85. The number of nitrogens with zero attached hydrogens (tertiary/aromatic N) is 3. The summed E-state index contributed by atoms with van der Waals surface area (Å²) >= 11 is 0. The average Bonchev–Trinajstić information content (AvgIpc) is 2.60. The summed E-state index contributed by atoms with van der Waals surface area (Å²) < 4.78 is 64.3. The maximum Gasteiger partial charge on any atom is 0.416 e. The van der Waals surface area contributed by atoms with E-state index < -0.39 is 27.7 Å². The SMILES string of the molecule is NC(=O)c1ncc2c(n1)CN(S(=O)(=O)c1ccc(C(F)(F)F)cc1)CC2. The van der Waals surface area contributed by atoms with Gasteiger partial charge in [0.2, 0.25) is 15.8 Å². The number of alkyl halides is 3.